The Bertz CT molecular complexity index is 515. The highest BCUT2D eigenvalue weighted by molar-refractivity contribution is 5.58. The Morgan fingerprint density at radius 2 is 2.16 bits per heavy atom. The molecule has 4 nitrogen and oxygen atoms in total. The molecule has 3 aliphatic rings. The van der Waals surface area contributed by atoms with Crippen molar-refractivity contribution in [2.24, 2.45) is 4.99 Å². The summed E-state index contributed by atoms with van der Waals surface area (Å²) >= 11 is 0. The zero-order chi connectivity index (χ0) is 12.7. The number of rotatable bonds is 2. The van der Waals surface area contributed by atoms with Gasteiger partial charge in [-0.05, 0) is 42.5 Å². The predicted molar refractivity (Wildman–Crippen MR) is 72.7 cm³/mol. The van der Waals surface area contributed by atoms with Gasteiger partial charge in [0, 0.05) is 0 Å². The number of nitrogens with zero attached hydrogens (tertiary/aromatic N) is 2. The van der Waals surface area contributed by atoms with Gasteiger partial charge in [0.2, 0.25) is 0 Å². The van der Waals surface area contributed by atoms with Crippen molar-refractivity contribution in [3.8, 4) is 5.75 Å². The highest BCUT2D eigenvalue weighted by Crippen LogP contribution is 2.27. The van der Waals surface area contributed by atoms with Crippen LogP contribution in [-0.2, 0) is 17.6 Å². The van der Waals surface area contributed by atoms with Crippen LogP contribution in [0.4, 0.5) is 0 Å². The predicted octanol–water partition coefficient (Wildman–Crippen LogP) is 1.62. The molecule has 0 saturated carbocycles. The smallest absolute Gasteiger partial charge is 0.196 e. The van der Waals surface area contributed by atoms with Gasteiger partial charge < -0.3 is 14.4 Å². The van der Waals surface area contributed by atoms with E-state index < -0.39 is 0 Å². The van der Waals surface area contributed by atoms with Crippen LogP contribution in [0.3, 0.4) is 0 Å². The normalized spacial score (nSPS) is 28.3. The summed E-state index contributed by atoms with van der Waals surface area (Å²) in [6.07, 6.45) is 5.53. The zero-order valence-corrected chi connectivity index (χ0v) is 10.9. The lowest BCUT2D eigenvalue weighted by Crippen LogP contribution is -2.52. The van der Waals surface area contributed by atoms with Crippen molar-refractivity contribution in [1.29, 1.82) is 0 Å². The third-order valence-electron chi connectivity index (χ3n) is 4.20. The van der Waals surface area contributed by atoms with E-state index in [0.717, 1.165) is 18.9 Å². The molecule has 2 aliphatic heterocycles. The van der Waals surface area contributed by atoms with Crippen molar-refractivity contribution in [1.82, 2.24) is 4.90 Å². The SMILES string of the molecule is C1=NCC2COCC(Oc3ccc4c(c3)CCC4)N12. The Balaban J connectivity index is 1.52. The van der Waals surface area contributed by atoms with Crippen LogP contribution in [0.25, 0.3) is 0 Å². The van der Waals surface area contributed by atoms with Crippen molar-refractivity contribution in [2.45, 2.75) is 31.5 Å². The summed E-state index contributed by atoms with van der Waals surface area (Å²) in [5, 5.41) is 0. The number of hydrogen-bond acceptors (Lipinski definition) is 4. The van der Waals surface area contributed by atoms with Gasteiger partial charge in [0.25, 0.3) is 0 Å². The van der Waals surface area contributed by atoms with Gasteiger partial charge in [-0.25, -0.2) is 0 Å². The van der Waals surface area contributed by atoms with Gasteiger partial charge in [0.1, 0.15) is 12.4 Å². The molecule has 0 spiro atoms. The van der Waals surface area contributed by atoms with Crippen molar-refractivity contribution < 1.29 is 9.47 Å². The number of fused-ring (bicyclic) bond motifs is 2. The summed E-state index contributed by atoms with van der Waals surface area (Å²) < 4.78 is 11.7. The molecule has 19 heavy (non-hydrogen) atoms. The van der Waals surface area contributed by atoms with Gasteiger partial charge in [0.15, 0.2) is 6.23 Å². The first-order chi connectivity index (χ1) is 9.40. The van der Waals surface area contributed by atoms with Crippen LogP contribution in [0.1, 0.15) is 17.5 Å². The summed E-state index contributed by atoms with van der Waals surface area (Å²) in [6, 6.07) is 6.84. The van der Waals surface area contributed by atoms with Gasteiger partial charge in [-0.2, -0.15) is 0 Å². The molecule has 2 unspecified atom stereocenters. The fraction of sp³-hybridized carbons (Fsp3) is 0.533. The number of aliphatic imine (C=N–C) groups is 1. The molecule has 1 aliphatic carbocycles. The maximum absolute atomic E-state index is 6.10. The van der Waals surface area contributed by atoms with Crippen molar-refractivity contribution in [2.75, 3.05) is 19.8 Å². The van der Waals surface area contributed by atoms with E-state index in [-0.39, 0.29) is 6.23 Å². The Hall–Kier alpha value is -1.55. The van der Waals surface area contributed by atoms with Gasteiger partial charge in [-0.1, -0.05) is 6.07 Å². The van der Waals surface area contributed by atoms with Crippen LogP contribution in [0.2, 0.25) is 0 Å². The number of morpholine rings is 1. The van der Waals surface area contributed by atoms with E-state index in [2.05, 4.69) is 28.1 Å². The van der Waals surface area contributed by atoms with Gasteiger partial charge in [-0.15, -0.1) is 0 Å². The minimum atomic E-state index is -0.0375. The summed E-state index contributed by atoms with van der Waals surface area (Å²) in [4.78, 5) is 6.51. The van der Waals surface area contributed by atoms with E-state index in [4.69, 9.17) is 9.47 Å². The molecule has 0 amide bonds. The molecule has 1 aromatic rings. The Kier molecular flexibility index (Phi) is 2.69. The first-order valence-corrected chi connectivity index (χ1v) is 7.04. The average Bonchev–Trinajstić information content (AvgIpc) is 3.06. The first kappa shape index (κ1) is 11.3. The minimum absolute atomic E-state index is 0.0375. The summed E-state index contributed by atoms with van der Waals surface area (Å²) in [5.41, 5.74) is 2.92. The highest BCUT2D eigenvalue weighted by atomic mass is 16.6. The third kappa shape index (κ3) is 2.00. The molecular formula is C15H18N2O2. The molecule has 0 aromatic heterocycles. The van der Waals surface area contributed by atoms with Crippen molar-refractivity contribution >= 4 is 6.34 Å². The molecule has 100 valence electrons. The van der Waals surface area contributed by atoms with Gasteiger partial charge in [-0.3, -0.25) is 4.99 Å². The monoisotopic (exact) mass is 258 g/mol. The molecule has 1 fully saturated rings. The summed E-state index contributed by atoms with van der Waals surface area (Å²) in [7, 11) is 0. The van der Waals surface area contributed by atoms with Crippen LogP contribution in [-0.4, -0.2) is 43.3 Å². The van der Waals surface area contributed by atoms with E-state index in [1.54, 1.807) is 0 Å². The van der Waals surface area contributed by atoms with Crippen LogP contribution in [0.15, 0.2) is 23.2 Å². The standard InChI is InChI=1S/C15H18N2O2/c1-2-11-4-5-14(6-12(11)3-1)19-15-9-18-8-13-7-16-10-17(13)15/h4-6,10,13,15H,1-3,7-9H2. The Morgan fingerprint density at radius 1 is 1.21 bits per heavy atom. The van der Waals surface area contributed by atoms with Crippen LogP contribution < -0.4 is 4.74 Å². The molecule has 0 N–H and O–H groups in total. The molecule has 4 rings (SSSR count). The van der Waals surface area contributed by atoms with Crippen LogP contribution >= 0.6 is 0 Å². The second-order valence-electron chi connectivity index (χ2n) is 5.48. The van der Waals surface area contributed by atoms with E-state index in [1.165, 1.54) is 30.4 Å². The number of benzene rings is 1. The van der Waals surface area contributed by atoms with Crippen LogP contribution in [0.5, 0.6) is 5.75 Å². The molecular weight excluding hydrogens is 240 g/mol. The van der Waals surface area contributed by atoms with Gasteiger partial charge in [0.05, 0.1) is 25.5 Å². The third-order valence-corrected chi connectivity index (χ3v) is 4.20. The Labute approximate surface area is 113 Å². The van der Waals surface area contributed by atoms with Gasteiger partial charge >= 0.3 is 0 Å². The summed E-state index contributed by atoms with van der Waals surface area (Å²) in [6.45, 7) is 2.19. The second kappa shape index (κ2) is 4.53. The molecule has 2 heterocycles. The average molecular weight is 258 g/mol. The lowest BCUT2D eigenvalue weighted by atomic mass is 10.1. The highest BCUT2D eigenvalue weighted by Gasteiger charge is 2.33. The molecule has 0 radical (unpaired) electrons. The summed E-state index contributed by atoms with van der Waals surface area (Å²) in [5.74, 6) is 0.954. The van der Waals surface area contributed by atoms with Crippen LogP contribution in [0, 0.1) is 0 Å². The Morgan fingerprint density at radius 3 is 3.16 bits per heavy atom. The number of hydrogen-bond donors (Lipinski definition) is 0. The zero-order valence-electron chi connectivity index (χ0n) is 10.9. The van der Waals surface area contributed by atoms with E-state index in [9.17, 15) is 0 Å². The number of ether oxygens (including phenoxy) is 2. The van der Waals surface area contributed by atoms with Crippen molar-refractivity contribution in [3.05, 3.63) is 29.3 Å². The molecule has 0 bridgehead atoms. The lowest BCUT2D eigenvalue weighted by Gasteiger charge is -2.36. The maximum atomic E-state index is 6.10. The fourth-order valence-corrected chi connectivity index (χ4v) is 3.16. The molecule has 1 saturated heterocycles. The van der Waals surface area contributed by atoms with Crippen molar-refractivity contribution in [3.63, 3.8) is 0 Å². The van der Waals surface area contributed by atoms with E-state index >= 15 is 0 Å². The fourth-order valence-electron chi connectivity index (χ4n) is 3.16. The second-order valence-corrected chi connectivity index (χ2v) is 5.48. The molecule has 1 aromatic carbocycles. The van der Waals surface area contributed by atoms with E-state index in [0.29, 0.717) is 12.6 Å². The molecule has 4 heteroatoms. The largest absolute Gasteiger partial charge is 0.468 e. The number of aryl methyl sites for hydroxylation is 2. The molecule has 2 atom stereocenters. The first-order valence-electron chi connectivity index (χ1n) is 7.04. The maximum Gasteiger partial charge on any atom is 0.196 e. The topological polar surface area (TPSA) is 34.1 Å². The quantitative estimate of drug-likeness (QED) is 0.808. The lowest BCUT2D eigenvalue weighted by molar-refractivity contribution is -0.0792. The van der Waals surface area contributed by atoms with E-state index in [1.807, 2.05) is 6.34 Å². The minimum Gasteiger partial charge on any atom is -0.468 e.